The molecular formula is C16H25IN4O2. The van der Waals surface area contributed by atoms with Crippen LogP contribution in [0.15, 0.2) is 29.3 Å². The summed E-state index contributed by atoms with van der Waals surface area (Å²) in [6, 6.07) is 7.64. The molecule has 2 rings (SSSR count). The van der Waals surface area contributed by atoms with Crippen molar-refractivity contribution >= 4 is 41.5 Å². The second-order valence-corrected chi connectivity index (χ2v) is 5.08. The van der Waals surface area contributed by atoms with Gasteiger partial charge in [-0.2, -0.15) is 0 Å². The van der Waals surface area contributed by atoms with Crippen LogP contribution in [0.4, 0.5) is 5.69 Å². The molecule has 128 valence electrons. The van der Waals surface area contributed by atoms with E-state index in [1.54, 1.807) is 11.9 Å². The molecule has 6 nitrogen and oxygen atoms in total. The molecular weight excluding hydrogens is 407 g/mol. The molecule has 0 aliphatic carbocycles. The smallest absolute Gasteiger partial charge is 0.265 e. The zero-order valence-electron chi connectivity index (χ0n) is 13.7. The maximum Gasteiger partial charge on any atom is 0.265 e. The maximum absolute atomic E-state index is 12.0. The number of benzene rings is 1. The lowest BCUT2D eigenvalue weighted by atomic mass is 10.2. The summed E-state index contributed by atoms with van der Waals surface area (Å²) in [5, 5.41) is 6.47. The van der Waals surface area contributed by atoms with Gasteiger partial charge in [0.2, 0.25) is 0 Å². The molecule has 1 amide bonds. The summed E-state index contributed by atoms with van der Waals surface area (Å²) < 4.78 is 5.44. The van der Waals surface area contributed by atoms with E-state index in [2.05, 4.69) is 22.5 Å². The first-order valence-electron chi connectivity index (χ1n) is 7.73. The molecule has 1 aromatic carbocycles. The highest BCUT2D eigenvalue weighted by Crippen LogP contribution is 2.31. The Morgan fingerprint density at radius 2 is 2.04 bits per heavy atom. The van der Waals surface area contributed by atoms with Gasteiger partial charge in [-0.25, -0.2) is 0 Å². The number of aliphatic imine (C=N–C) groups is 1. The molecule has 1 aliphatic heterocycles. The van der Waals surface area contributed by atoms with E-state index in [-0.39, 0.29) is 36.5 Å². The molecule has 0 atom stereocenters. The summed E-state index contributed by atoms with van der Waals surface area (Å²) in [6.07, 6.45) is 1.90. The molecule has 1 aromatic rings. The monoisotopic (exact) mass is 432 g/mol. The Labute approximate surface area is 154 Å². The number of hydrogen-bond acceptors (Lipinski definition) is 3. The van der Waals surface area contributed by atoms with Gasteiger partial charge in [-0.15, -0.1) is 24.0 Å². The highest BCUT2D eigenvalue weighted by Gasteiger charge is 2.24. The van der Waals surface area contributed by atoms with Crippen LogP contribution >= 0.6 is 24.0 Å². The first-order valence-corrected chi connectivity index (χ1v) is 7.73. The van der Waals surface area contributed by atoms with Gasteiger partial charge in [0.05, 0.1) is 5.69 Å². The van der Waals surface area contributed by atoms with Gasteiger partial charge in [-0.3, -0.25) is 9.79 Å². The van der Waals surface area contributed by atoms with Crippen molar-refractivity contribution in [2.24, 2.45) is 4.99 Å². The van der Waals surface area contributed by atoms with Crippen molar-refractivity contribution in [2.75, 3.05) is 38.2 Å². The fourth-order valence-electron chi connectivity index (χ4n) is 2.31. The predicted octanol–water partition coefficient (Wildman–Crippen LogP) is 2.00. The number of fused-ring (bicyclic) bond motifs is 1. The van der Waals surface area contributed by atoms with Gasteiger partial charge < -0.3 is 20.3 Å². The molecule has 0 radical (unpaired) electrons. The minimum absolute atomic E-state index is 0. The lowest BCUT2D eigenvalue weighted by Crippen LogP contribution is -2.42. The minimum Gasteiger partial charge on any atom is -0.482 e. The van der Waals surface area contributed by atoms with Crippen LogP contribution in [-0.2, 0) is 4.79 Å². The lowest BCUT2D eigenvalue weighted by Gasteiger charge is -2.29. The molecule has 0 aromatic heterocycles. The zero-order chi connectivity index (χ0) is 15.8. The van der Waals surface area contributed by atoms with Crippen molar-refractivity contribution in [3.8, 4) is 5.75 Å². The summed E-state index contributed by atoms with van der Waals surface area (Å²) in [5.74, 6) is 1.58. The highest BCUT2D eigenvalue weighted by molar-refractivity contribution is 14.0. The number of nitrogens with one attached hydrogen (secondary N) is 2. The molecule has 0 bridgehead atoms. The fourth-order valence-corrected chi connectivity index (χ4v) is 2.31. The number of rotatable bonds is 6. The normalized spacial score (nSPS) is 13.7. The van der Waals surface area contributed by atoms with E-state index in [0.717, 1.165) is 43.3 Å². The molecule has 0 spiro atoms. The van der Waals surface area contributed by atoms with Gasteiger partial charge >= 0.3 is 0 Å². The van der Waals surface area contributed by atoms with Crippen LogP contribution in [0, 0.1) is 0 Å². The molecule has 0 unspecified atom stereocenters. The Kier molecular flexibility index (Phi) is 8.75. The largest absolute Gasteiger partial charge is 0.482 e. The Bertz CT molecular complexity index is 537. The number of carbonyl (C=O) groups is 1. The number of ether oxygens (including phenoxy) is 1. The lowest BCUT2D eigenvalue weighted by molar-refractivity contribution is -0.121. The van der Waals surface area contributed by atoms with E-state index in [1.807, 2.05) is 24.3 Å². The van der Waals surface area contributed by atoms with Crippen molar-refractivity contribution < 1.29 is 9.53 Å². The molecule has 0 saturated heterocycles. The molecule has 0 fully saturated rings. The number of guanidine groups is 1. The number of hydrogen-bond donors (Lipinski definition) is 2. The van der Waals surface area contributed by atoms with E-state index in [9.17, 15) is 4.79 Å². The third-order valence-corrected chi connectivity index (χ3v) is 3.43. The molecule has 23 heavy (non-hydrogen) atoms. The van der Waals surface area contributed by atoms with Crippen LogP contribution in [0.25, 0.3) is 0 Å². The number of anilines is 1. The van der Waals surface area contributed by atoms with Crippen LogP contribution in [0.1, 0.15) is 19.8 Å². The van der Waals surface area contributed by atoms with Gasteiger partial charge in [0.25, 0.3) is 5.91 Å². The summed E-state index contributed by atoms with van der Waals surface area (Å²) in [6.45, 7) is 4.55. The van der Waals surface area contributed by atoms with E-state index in [4.69, 9.17) is 4.74 Å². The topological polar surface area (TPSA) is 66.0 Å². The second-order valence-electron chi connectivity index (χ2n) is 5.08. The standard InChI is InChI=1S/C16H24N4O2.HI/c1-3-9-18-16(17-2)19-10-6-11-20-13-7-4-5-8-14(13)22-12-15(20)21;/h4-5,7-8H,3,6,9-12H2,1-2H3,(H2,17,18,19);1H. The summed E-state index contributed by atoms with van der Waals surface area (Å²) >= 11 is 0. The summed E-state index contributed by atoms with van der Waals surface area (Å²) in [5.41, 5.74) is 0.854. The Morgan fingerprint density at radius 3 is 2.78 bits per heavy atom. The number of halogens is 1. The fraction of sp³-hybridized carbons (Fsp3) is 0.500. The van der Waals surface area contributed by atoms with Crippen molar-refractivity contribution in [3.63, 3.8) is 0 Å². The van der Waals surface area contributed by atoms with Crippen LogP contribution in [0.3, 0.4) is 0 Å². The molecule has 1 aliphatic rings. The van der Waals surface area contributed by atoms with Crippen LogP contribution in [0.2, 0.25) is 0 Å². The van der Waals surface area contributed by atoms with E-state index >= 15 is 0 Å². The van der Waals surface area contributed by atoms with Gasteiger partial charge in [0, 0.05) is 26.7 Å². The molecule has 0 saturated carbocycles. The molecule has 1 heterocycles. The highest BCUT2D eigenvalue weighted by atomic mass is 127. The zero-order valence-corrected chi connectivity index (χ0v) is 16.0. The predicted molar refractivity (Wildman–Crippen MR) is 104 cm³/mol. The van der Waals surface area contributed by atoms with Crippen LogP contribution in [0.5, 0.6) is 5.75 Å². The first kappa shape index (κ1) is 19.5. The molecule has 7 heteroatoms. The third kappa shape index (κ3) is 5.56. The summed E-state index contributed by atoms with van der Waals surface area (Å²) in [7, 11) is 1.76. The number of amides is 1. The quantitative estimate of drug-likeness (QED) is 0.313. The maximum atomic E-state index is 12.0. The summed E-state index contributed by atoms with van der Waals surface area (Å²) in [4.78, 5) is 18.0. The van der Waals surface area contributed by atoms with E-state index in [1.165, 1.54) is 0 Å². The van der Waals surface area contributed by atoms with Crippen LogP contribution < -0.4 is 20.3 Å². The number of carbonyl (C=O) groups excluding carboxylic acids is 1. The van der Waals surface area contributed by atoms with Gasteiger partial charge in [-0.05, 0) is 25.0 Å². The van der Waals surface area contributed by atoms with Crippen molar-refractivity contribution in [3.05, 3.63) is 24.3 Å². The average molecular weight is 432 g/mol. The Balaban J connectivity index is 0.00000264. The minimum atomic E-state index is 0. The van der Waals surface area contributed by atoms with Gasteiger partial charge in [0.1, 0.15) is 5.75 Å². The average Bonchev–Trinajstić information content (AvgIpc) is 2.56. The SMILES string of the molecule is CCCNC(=NC)NCCCN1C(=O)COc2ccccc21.I. The van der Waals surface area contributed by atoms with Crippen molar-refractivity contribution in [1.82, 2.24) is 10.6 Å². The third-order valence-electron chi connectivity index (χ3n) is 3.43. The van der Waals surface area contributed by atoms with E-state index < -0.39 is 0 Å². The van der Waals surface area contributed by atoms with Crippen LogP contribution in [-0.4, -0.2) is 45.2 Å². The van der Waals surface area contributed by atoms with Crippen molar-refractivity contribution in [1.29, 1.82) is 0 Å². The van der Waals surface area contributed by atoms with Gasteiger partial charge in [0.15, 0.2) is 12.6 Å². The number of para-hydroxylation sites is 2. The Morgan fingerprint density at radius 1 is 1.30 bits per heavy atom. The van der Waals surface area contributed by atoms with Crippen molar-refractivity contribution in [2.45, 2.75) is 19.8 Å². The van der Waals surface area contributed by atoms with Gasteiger partial charge in [-0.1, -0.05) is 19.1 Å². The number of nitrogens with zero attached hydrogens (tertiary/aromatic N) is 2. The first-order chi connectivity index (χ1) is 10.8. The second kappa shape index (κ2) is 10.3. The molecule has 2 N–H and O–H groups in total. The van der Waals surface area contributed by atoms with E-state index in [0.29, 0.717) is 6.54 Å². The Hall–Kier alpha value is -1.51.